The van der Waals surface area contributed by atoms with Crippen molar-refractivity contribution in [3.8, 4) is 5.75 Å². The van der Waals surface area contributed by atoms with Gasteiger partial charge in [-0.15, -0.1) is 23.7 Å². The van der Waals surface area contributed by atoms with Crippen LogP contribution >= 0.6 is 23.7 Å². The number of thiazole rings is 1. The number of nitrogens with one attached hydrogen (secondary N) is 1. The third-order valence-corrected chi connectivity index (χ3v) is 4.45. The largest absolute Gasteiger partial charge is 0.497 e. The van der Waals surface area contributed by atoms with Crippen LogP contribution in [0, 0.1) is 0 Å². The standard InChI is InChI=1S/C14H19N3OS.ClH/c1-10-8-17(6-5-15-10)9-14-16-12-4-3-11(18-2)7-13(12)19-14;/h3-4,7,10,15H,5-6,8-9H2,1-2H3;1H. The highest BCUT2D eigenvalue weighted by Crippen LogP contribution is 2.27. The summed E-state index contributed by atoms with van der Waals surface area (Å²) in [5, 5.41) is 4.66. The molecule has 0 radical (unpaired) electrons. The molecular weight excluding hydrogens is 294 g/mol. The van der Waals surface area contributed by atoms with Gasteiger partial charge in [0.1, 0.15) is 10.8 Å². The van der Waals surface area contributed by atoms with Gasteiger partial charge in [-0.25, -0.2) is 4.98 Å². The second-order valence-electron chi connectivity index (χ2n) is 5.03. The highest BCUT2D eigenvalue weighted by Gasteiger charge is 2.17. The molecule has 2 aromatic rings. The summed E-state index contributed by atoms with van der Waals surface area (Å²) in [4.78, 5) is 7.18. The molecule has 1 atom stereocenters. The summed E-state index contributed by atoms with van der Waals surface area (Å²) in [6, 6.07) is 6.65. The maximum atomic E-state index is 5.26. The van der Waals surface area contributed by atoms with Crippen LogP contribution in [0.5, 0.6) is 5.75 Å². The fourth-order valence-electron chi connectivity index (χ4n) is 2.49. The van der Waals surface area contributed by atoms with E-state index < -0.39 is 0 Å². The van der Waals surface area contributed by atoms with Gasteiger partial charge in [-0.2, -0.15) is 0 Å². The predicted octanol–water partition coefficient (Wildman–Crippen LogP) is 2.52. The first kappa shape index (κ1) is 15.5. The molecule has 0 amide bonds. The first-order valence-corrected chi connectivity index (χ1v) is 7.45. The van der Waals surface area contributed by atoms with Crippen molar-refractivity contribution in [1.82, 2.24) is 15.2 Å². The van der Waals surface area contributed by atoms with Crippen molar-refractivity contribution in [2.24, 2.45) is 0 Å². The summed E-state index contributed by atoms with van der Waals surface area (Å²) in [7, 11) is 1.70. The lowest BCUT2D eigenvalue weighted by Crippen LogP contribution is -2.48. The lowest BCUT2D eigenvalue weighted by Gasteiger charge is -2.31. The van der Waals surface area contributed by atoms with Crippen molar-refractivity contribution in [3.05, 3.63) is 23.2 Å². The minimum absolute atomic E-state index is 0. The van der Waals surface area contributed by atoms with Gasteiger partial charge in [0.25, 0.3) is 0 Å². The number of rotatable bonds is 3. The van der Waals surface area contributed by atoms with Gasteiger partial charge in [0, 0.05) is 25.7 Å². The molecule has 1 saturated heterocycles. The molecule has 1 unspecified atom stereocenters. The molecule has 0 saturated carbocycles. The van der Waals surface area contributed by atoms with Gasteiger partial charge in [0.05, 0.1) is 23.9 Å². The first-order chi connectivity index (χ1) is 9.24. The molecule has 6 heteroatoms. The van der Waals surface area contributed by atoms with E-state index in [1.54, 1.807) is 18.4 Å². The number of benzene rings is 1. The average Bonchev–Trinajstić information content (AvgIpc) is 2.79. The van der Waals surface area contributed by atoms with Crippen LogP contribution in [0.25, 0.3) is 10.2 Å². The van der Waals surface area contributed by atoms with Gasteiger partial charge in [0.2, 0.25) is 0 Å². The first-order valence-electron chi connectivity index (χ1n) is 6.64. The fourth-order valence-corrected chi connectivity index (χ4v) is 3.53. The number of halogens is 1. The van der Waals surface area contributed by atoms with Crippen LogP contribution in [0.15, 0.2) is 18.2 Å². The Morgan fingerprint density at radius 3 is 3.10 bits per heavy atom. The Bertz CT molecular complexity index is 575. The molecule has 110 valence electrons. The van der Waals surface area contributed by atoms with Crippen molar-refractivity contribution in [2.75, 3.05) is 26.7 Å². The zero-order valence-corrected chi connectivity index (χ0v) is 13.4. The summed E-state index contributed by atoms with van der Waals surface area (Å²) < 4.78 is 6.46. The SMILES string of the molecule is COc1ccc2nc(CN3CCNC(C)C3)sc2c1.Cl. The Balaban J connectivity index is 0.00000147. The van der Waals surface area contributed by atoms with Crippen LogP contribution in [0.2, 0.25) is 0 Å². The van der Waals surface area contributed by atoms with E-state index in [9.17, 15) is 0 Å². The van der Waals surface area contributed by atoms with Gasteiger partial charge < -0.3 is 10.1 Å². The summed E-state index contributed by atoms with van der Waals surface area (Å²) in [6.07, 6.45) is 0. The van der Waals surface area contributed by atoms with Crippen molar-refractivity contribution in [3.63, 3.8) is 0 Å². The molecule has 0 spiro atoms. The van der Waals surface area contributed by atoms with Gasteiger partial charge in [-0.3, -0.25) is 4.90 Å². The number of methoxy groups -OCH3 is 1. The number of aromatic nitrogens is 1. The van der Waals surface area contributed by atoms with Gasteiger partial charge >= 0.3 is 0 Å². The average molecular weight is 314 g/mol. The Morgan fingerprint density at radius 2 is 2.35 bits per heavy atom. The third kappa shape index (κ3) is 3.41. The van der Waals surface area contributed by atoms with Crippen LogP contribution in [0.3, 0.4) is 0 Å². The van der Waals surface area contributed by atoms with E-state index in [1.165, 1.54) is 9.71 Å². The highest BCUT2D eigenvalue weighted by molar-refractivity contribution is 7.18. The van der Waals surface area contributed by atoms with E-state index >= 15 is 0 Å². The van der Waals surface area contributed by atoms with Crippen LogP contribution in [0.4, 0.5) is 0 Å². The topological polar surface area (TPSA) is 37.4 Å². The maximum Gasteiger partial charge on any atom is 0.120 e. The number of hydrogen-bond acceptors (Lipinski definition) is 5. The maximum absolute atomic E-state index is 5.26. The predicted molar refractivity (Wildman–Crippen MR) is 86.2 cm³/mol. The van der Waals surface area contributed by atoms with E-state index in [1.807, 2.05) is 12.1 Å². The van der Waals surface area contributed by atoms with Crippen molar-refractivity contribution in [1.29, 1.82) is 0 Å². The highest BCUT2D eigenvalue weighted by atomic mass is 35.5. The summed E-state index contributed by atoms with van der Waals surface area (Å²) in [6.45, 7) is 6.45. The van der Waals surface area contributed by atoms with Crippen molar-refractivity contribution in [2.45, 2.75) is 19.5 Å². The zero-order chi connectivity index (χ0) is 13.2. The number of fused-ring (bicyclic) bond motifs is 1. The normalized spacial score (nSPS) is 19.8. The number of ether oxygens (including phenoxy) is 1. The van der Waals surface area contributed by atoms with Crippen molar-refractivity contribution >= 4 is 34.0 Å². The lowest BCUT2D eigenvalue weighted by molar-refractivity contribution is 0.199. The molecule has 1 N–H and O–H groups in total. The molecule has 2 heterocycles. The molecule has 1 aromatic heterocycles. The Morgan fingerprint density at radius 1 is 1.50 bits per heavy atom. The lowest BCUT2D eigenvalue weighted by atomic mass is 10.2. The Kier molecular flexibility index (Phi) is 5.21. The molecule has 1 aliphatic rings. The van der Waals surface area contributed by atoms with E-state index in [0.717, 1.165) is 37.4 Å². The number of piperazine rings is 1. The smallest absolute Gasteiger partial charge is 0.120 e. The van der Waals surface area contributed by atoms with E-state index in [4.69, 9.17) is 9.72 Å². The summed E-state index contributed by atoms with van der Waals surface area (Å²) in [5.74, 6) is 0.901. The Hall–Kier alpha value is -0.880. The molecule has 1 aliphatic heterocycles. The fraction of sp³-hybridized carbons (Fsp3) is 0.500. The third-order valence-electron chi connectivity index (χ3n) is 3.45. The van der Waals surface area contributed by atoms with E-state index in [-0.39, 0.29) is 12.4 Å². The van der Waals surface area contributed by atoms with Crippen LogP contribution in [0.1, 0.15) is 11.9 Å². The minimum Gasteiger partial charge on any atom is -0.497 e. The van der Waals surface area contributed by atoms with E-state index in [2.05, 4.69) is 23.2 Å². The van der Waals surface area contributed by atoms with Crippen LogP contribution < -0.4 is 10.1 Å². The van der Waals surface area contributed by atoms with Crippen molar-refractivity contribution < 1.29 is 4.74 Å². The molecule has 20 heavy (non-hydrogen) atoms. The zero-order valence-electron chi connectivity index (χ0n) is 11.8. The molecule has 1 fully saturated rings. The summed E-state index contributed by atoms with van der Waals surface area (Å²) in [5.41, 5.74) is 1.07. The molecular formula is C14H20ClN3OS. The van der Waals surface area contributed by atoms with Gasteiger partial charge in [-0.1, -0.05) is 0 Å². The molecule has 3 rings (SSSR count). The van der Waals surface area contributed by atoms with Gasteiger partial charge in [0.15, 0.2) is 0 Å². The monoisotopic (exact) mass is 313 g/mol. The number of nitrogens with zero attached hydrogens (tertiary/aromatic N) is 2. The van der Waals surface area contributed by atoms with E-state index in [0.29, 0.717) is 6.04 Å². The molecule has 1 aromatic carbocycles. The molecule has 0 bridgehead atoms. The number of hydrogen-bond donors (Lipinski definition) is 1. The second kappa shape index (κ2) is 6.72. The second-order valence-corrected chi connectivity index (χ2v) is 6.15. The quantitative estimate of drug-likeness (QED) is 0.945. The van der Waals surface area contributed by atoms with Gasteiger partial charge in [-0.05, 0) is 25.1 Å². The minimum atomic E-state index is 0. The molecule has 0 aliphatic carbocycles. The Labute approximate surface area is 129 Å². The summed E-state index contributed by atoms with van der Waals surface area (Å²) >= 11 is 1.77. The van der Waals surface area contributed by atoms with Crippen LogP contribution in [-0.4, -0.2) is 42.7 Å². The van der Waals surface area contributed by atoms with Crippen LogP contribution in [-0.2, 0) is 6.54 Å². The molecule has 4 nitrogen and oxygen atoms in total.